The van der Waals surface area contributed by atoms with Crippen LogP contribution in [-0.4, -0.2) is 11.3 Å². The average molecular weight is 167 g/mol. The topological polar surface area (TPSA) is 43.1 Å². The molecule has 1 unspecified atom stereocenters. The first-order chi connectivity index (χ1) is 5.54. The van der Waals surface area contributed by atoms with E-state index in [9.17, 15) is 4.79 Å². The summed E-state index contributed by atoms with van der Waals surface area (Å²) >= 11 is 0. The zero-order valence-electron chi connectivity index (χ0n) is 7.89. The fourth-order valence-electron chi connectivity index (χ4n) is 0.834. The van der Waals surface area contributed by atoms with Crippen LogP contribution in [0.3, 0.4) is 0 Å². The van der Waals surface area contributed by atoms with E-state index in [1.54, 1.807) is 6.92 Å². The summed E-state index contributed by atoms with van der Waals surface area (Å²) in [5.74, 6) is 2.61. The fourth-order valence-corrected chi connectivity index (χ4v) is 0.834. The van der Waals surface area contributed by atoms with E-state index in [1.807, 2.05) is 6.92 Å². The van der Waals surface area contributed by atoms with Crippen LogP contribution in [0.2, 0.25) is 0 Å². The van der Waals surface area contributed by atoms with Crippen LogP contribution in [0.15, 0.2) is 0 Å². The van der Waals surface area contributed by atoms with Gasteiger partial charge in [0.1, 0.15) is 0 Å². The highest BCUT2D eigenvalue weighted by atomic mass is 16.1. The first-order valence-electron chi connectivity index (χ1n) is 4.30. The van der Waals surface area contributed by atoms with E-state index in [4.69, 9.17) is 12.2 Å². The molecular weight excluding hydrogens is 150 g/mol. The van der Waals surface area contributed by atoms with Crippen molar-refractivity contribution in [1.29, 1.82) is 0 Å². The van der Waals surface area contributed by atoms with E-state index in [-0.39, 0.29) is 5.78 Å². The Morgan fingerprint density at radius 2 is 2.25 bits per heavy atom. The molecule has 0 radical (unpaired) electrons. The molecule has 0 heterocycles. The molecule has 0 saturated carbocycles. The summed E-state index contributed by atoms with van der Waals surface area (Å²) < 4.78 is 0. The Bertz CT molecular complexity index is 189. The second kappa shape index (κ2) is 4.95. The smallest absolute Gasteiger partial charge is 0.152 e. The van der Waals surface area contributed by atoms with Gasteiger partial charge in [0.25, 0.3) is 0 Å². The highest BCUT2D eigenvalue weighted by Gasteiger charge is 2.24. The van der Waals surface area contributed by atoms with Crippen molar-refractivity contribution in [3.63, 3.8) is 0 Å². The normalized spacial score (nSPS) is 14.8. The average Bonchev–Trinajstić information content (AvgIpc) is 2.05. The lowest BCUT2D eigenvalue weighted by molar-refractivity contribution is -0.123. The largest absolute Gasteiger partial charge is 0.319 e. The lowest BCUT2D eigenvalue weighted by Gasteiger charge is -2.20. The van der Waals surface area contributed by atoms with Crippen molar-refractivity contribution < 1.29 is 4.79 Å². The summed E-state index contributed by atoms with van der Waals surface area (Å²) in [6.45, 7) is 3.68. The zero-order chi connectivity index (χ0) is 9.61. The summed E-state index contributed by atoms with van der Waals surface area (Å²) in [7, 11) is 0. The summed E-state index contributed by atoms with van der Waals surface area (Å²) in [5, 5.41) is 0. The van der Waals surface area contributed by atoms with Gasteiger partial charge in [-0.3, -0.25) is 4.79 Å². The van der Waals surface area contributed by atoms with Crippen molar-refractivity contribution >= 4 is 5.78 Å². The predicted molar refractivity (Wildman–Crippen MR) is 50.6 cm³/mol. The number of unbranched alkanes of at least 4 members (excludes halogenated alkanes) is 1. The van der Waals surface area contributed by atoms with Crippen LogP contribution < -0.4 is 5.73 Å². The number of hydrogen-bond donors (Lipinski definition) is 1. The maximum Gasteiger partial charge on any atom is 0.152 e. The van der Waals surface area contributed by atoms with E-state index < -0.39 is 5.54 Å². The van der Waals surface area contributed by atoms with Crippen LogP contribution in [0, 0.1) is 12.3 Å². The van der Waals surface area contributed by atoms with Gasteiger partial charge in [0, 0.05) is 12.8 Å². The van der Waals surface area contributed by atoms with Crippen molar-refractivity contribution in [3.8, 4) is 12.3 Å². The van der Waals surface area contributed by atoms with Crippen molar-refractivity contribution in [3.05, 3.63) is 0 Å². The maximum absolute atomic E-state index is 11.4. The Labute approximate surface area is 74.5 Å². The van der Waals surface area contributed by atoms with Crippen LogP contribution in [0.1, 0.15) is 39.5 Å². The number of nitrogens with two attached hydrogens (primary N) is 1. The number of carbonyl (C=O) groups is 1. The number of carbonyl (C=O) groups excluding carboxylic acids is 1. The molecule has 0 aliphatic carbocycles. The molecule has 2 N–H and O–H groups in total. The van der Waals surface area contributed by atoms with Crippen molar-refractivity contribution in [2.24, 2.45) is 5.73 Å². The maximum atomic E-state index is 11.4. The Morgan fingerprint density at radius 3 is 2.67 bits per heavy atom. The molecule has 12 heavy (non-hydrogen) atoms. The molecule has 68 valence electrons. The molecule has 0 aromatic heterocycles. The molecule has 1 atom stereocenters. The molecule has 0 aliphatic rings. The Kier molecular flexibility index (Phi) is 4.61. The number of terminal acetylenes is 1. The predicted octanol–water partition coefficient (Wildman–Crippen LogP) is 1.49. The molecule has 0 aliphatic heterocycles. The van der Waals surface area contributed by atoms with Crippen LogP contribution in [-0.2, 0) is 4.79 Å². The molecular formula is C10H17NO. The van der Waals surface area contributed by atoms with Crippen molar-refractivity contribution in [2.45, 2.75) is 45.1 Å². The van der Waals surface area contributed by atoms with Crippen molar-refractivity contribution in [2.75, 3.05) is 0 Å². The number of rotatable bonds is 5. The van der Waals surface area contributed by atoms with Gasteiger partial charge in [0.15, 0.2) is 5.78 Å². The van der Waals surface area contributed by atoms with Gasteiger partial charge in [0.05, 0.1) is 5.54 Å². The van der Waals surface area contributed by atoms with Gasteiger partial charge in [-0.2, -0.15) is 0 Å². The zero-order valence-corrected chi connectivity index (χ0v) is 7.89. The number of ketones is 1. The number of Topliss-reactive ketones (excluding diaryl/α,β-unsaturated/α-hetero) is 1. The summed E-state index contributed by atoms with van der Waals surface area (Å²) in [6.07, 6.45) is 7.66. The standard InChI is InChI=1S/C10H17NO/c1-4-6-7-8-9(12)10(3,11)5-2/h1H,5-8,11H2,2-3H3. The quantitative estimate of drug-likeness (QED) is 0.498. The second-order valence-electron chi connectivity index (χ2n) is 3.25. The Hall–Kier alpha value is -0.810. The molecule has 0 rings (SSSR count). The molecule has 0 bridgehead atoms. The molecule has 2 nitrogen and oxygen atoms in total. The minimum atomic E-state index is -0.658. The first kappa shape index (κ1) is 11.2. The van der Waals surface area contributed by atoms with E-state index in [0.717, 1.165) is 6.42 Å². The lowest BCUT2D eigenvalue weighted by atomic mass is 9.91. The van der Waals surface area contributed by atoms with E-state index in [1.165, 1.54) is 0 Å². The summed E-state index contributed by atoms with van der Waals surface area (Å²) in [5.41, 5.74) is 5.08. The third-order valence-electron chi connectivity index (χ3n) is 2.10. The number of hydrogen-bond acceptors (Lipinski definition) is 2. The molecule has 0 spiro atoms. The van der Waals surface area contributed by atoms with Gasteiger partial charge < -0.3 is 5.73 Å². The van der Waals surface area contributed by atoms with Crippen LogP contribution in [0.4, 0.5) is 0 Å². The third kappa shape index (κ3) is 3.54. The highest BCUT2D eigenvalue weighted by molar-refractivity contribution is 5.87. The van der Waals surface area contributed by atoms with E-state index in [2.05, 4.69) is 5.92 Å². The highest BCUT2D eigenvalue weighted by Crippen LogP contribution is 2.10. The minimum absolute atomic E-state index is 0.111. The van der Waals surface area contributed by atoms with Gasteiger partial charge in [-0.05, 0) is 19.8 Å². The van der Waals surface area contributed by atoms with Gasteiger partial charge in [0.2, 0.25) is 0 Å². The van der Waals surface area contributed by atoms with Crippen LogP contribution >= 0.6 is 0 Å². The lowest BCUT2D eigenvalue weighted by Crippen LogP contribution is -2.44. The second-order valence-corrected chi connectivity index (χ2v) is 3.25. The van der Waals surface area contributed by atoms with Crippen molar-refractivity contribution in [1.82, 2.24) is 0 Å². The Morgan fingerprint density at radius 1 is 1.67 bits per heavy atom. The van der Waals surface area contributed by atoms with Gasteiger partial charge in [-0.15, -0.1) is 12.3 Å². The molecule has 0 amide bonds. The van der Waals surface area contributed by atoms with E-state index in [0.29, 0.717) is 19.3 Å². The van der Waals surface area contributed by atoms with Crippen LogP contribution in [0.5, 0.6) is 0 Å². The minimum Gasteiger partial charge on any atom is -0.319 e. The summed E-state index contributed by atoms with van der Waals surface area (Å²) in [6, 6.07) is 0. The molecule has 0 saturated heterocycles. The monoisotopic (exact) mass is 167 g/mol. The molecule has 0 aromatic carbocycles. The van der Waals surface area contributed by atoms with Crippen LogP contribution in [0.25, 0.3) is 0 Å². The Balaban J connectivity index is 3.81. The fraction of sp³-hybridized carbons (Fsp3) is 0.700. The van der Waals surface area contributed by atoms with Gasteiger partial charge >= 0.3 is 0 Å². The molecule has 0 aromatic rings. The van der Waals surface area contributed by atoms with Gasteiger partial charge in [-0.25, -0.2) is 0 Å². The van der Waals surface area contributed by atoms with E-state index >= 15 is 0 Å². The first-order valence-corrected chi connectivity index (χ1v) is 4.30. The molecule has 2 heteroatoms. The molecule has 0 fully saturated rings. The summed E-state index contributed by atoms with van der Waals surface area (Å²) in [4.78, 5) is 11.4. The SMILES string of the molecule is C#CCCCC(=O)C(C)(N)CC. The third-order valence-corrected chi connectivity index (χ3v) is 2.10. The van der Waals surface area contributed by atoms with Gasteiger partial charge in [-0.1, -0.05) is 6.92 Å².